The number of methoxy groups -OCH3 is 1. The minimum Gasteiger partial charge on any atom is -0.465 e. The lowest BCUT2D eigenvalue weighted by Gasteiger charge is -2.17. The standard InChI is InChI=1S/C22H22N2O3.ClHO4/c1-4-17-20(15-11-7-6-8-12-15)21(25)23-19(5-2)24(17)18-14-10-9-13-16(18)22(26)27-3;2-1(3,4)5/h6-14H,4-5H2,1-3H3;(H,2,3,4,5). The van der Waals surface area contributed by atoms with Gasteiger partial charge in [0.15, 0.2) is 0 Å². The van der Waals surface area contributed by atoms with Crippen LogP contribution in [0.3, 0.4) is 0 Å². The summed E-state index contributed by atoms with van der Waals surface area (Å²) < 4.78 is 40.9. The molecule has 1 N–H and O–H groups in total. The number of aromatic nitrogens is 2. The maximum Gasteiger partial charge on any atom is 0.343 e. The molecule has 0 fully saturated rings. The Labute approximate surface area is 186 Å². The molecule has 0 bridgehead atoms. The molecule has 0 spiro atoms. The topological polar surface area (TPSA) is 155 Å². The summed E-state index contributed by atoms with van der Waals surface area (Å²) in [6.07, 6.45) is 1.25. The van der Waals surface area contributed by atoms with Crippen molar-refractivity contribution >= 4 is 5.97 Å². The van der Waals surface area contributed by atoms with Crippen LogP contribution in [-0.2, 0) is 17.6 Å². The SMILES string of the molecule is CCc1[nH]c(=O)c(-c2ccccc2)c(CC)[n+]1-c1ccccc1C(=O)OC.[O-][Cl+3]([O-])([O-])[O-]. The zero-order valence-corrected chi connectivity index (χ0v) is 18.5. The number of rotatable bonds is 5. The van der Waals surface area contributed by atoms with Gasteiger partial charge in [-0.1, -0.05) is 56.3 Å². The summed E-state index contributed by atoms with van der Waals surface area (Å²) in [6.45, 7) is 3.99. The Hall–Kier alpha value is -3.08. The summed E-state index contributed by atoms with van der Waals surface area (Å²) in [4.78, 5) is 28.2. The Balaban J connectivity index is 0.000000654. The predicted molar refractivity (Wildman–Crippen MR) is 104 cm³/mol. The third kappa shape index (κ3) is 6.22. The van der Waals surface area contributed by atoms with E-state index in [9.17, 15) is 9.59 Å². The lowest BCUT2D eigenvalue weighted by atomic mass is 10.0. The van der Waals surface area contributed by atoms with Crippen molar-refractivity contribution in [2.45, 2.75) is 26.7 Å². The van der Waals surface area contributed by atoms with E-state index in [0.29, 0.717) is 29.7 Å². The van der Waals surface area contributed by atoms with Crippen molar-refractivity contribution in [3.8, 4) is 16.8 Å². The van der Waals surface area contributed by atoms with Crippen LogP contribution in [0.4, 0.5) is 0 Å². The maximum atomic E-state index is 12.9. The number of aryl methyl sites for hydroxylation is 1. The van der Waals surface area contributed by atoms with Crippen molar-refractivity contribution < 1.29 is 43.0 Å². The average molecular weight is 463 g/mol. The van der Waals surface area contributed by atoms with E-state index < -0.39 is 16.2 Å². The molecule has 0 aliphatic carbocycles. The first-order valence-electron chi connectivity index (χ1n) is 9.67. The molecule has 3 rings (SSSR count). The van der Waals surface area contributed by atoms with Crippen molar-refractivity contribution in [2.24, 2.45) is 0 Å². The number of esters is 1. The van der Waals surface area contributed by atoms with Crippen molar-refractivity contribution in [3.05, 3.63) is 82.0 Å². The minimum atomic E-state index is -4.94. The van der Waals surface area contributed by atoms with Crippen LogP contribution in [0.1, 0.15) is 35.7 Å². The highest BCUT2D eigenvalue weighted by Crippen LogP contribution is 2.20. The van der Waals surface area contributed by atoms with Crippen LogP contribution in [0.25, 0.3) is 16.8 Å². The van der Waals surface area contributed by atoms with Crippen LogP contribution in [-0.4, -0.2) is 18.1 Å². The van der Waals surface area contributed by atoms with Crippen molar-refractivity contribution in [2.75, 3.05) is 7.11 Å². The Morgan fingerprint density at radius 1 is 0.969 bits per heavy atom. The molecule has 0 radical (unpaired) electrons. The summed E-state index contributed by atoms with van der Waals surface area (Å²) in [6, 6.07) is 16.9. The fraction of sp³-hybridized carbons (Fsp3) is 0.227. The molecule has 1 heterocycles. The minimum absolute atomic E-state index is 0.123. The number of para-hydroxylation sites is 1. The highest BCUT2D eigenvalue weighted by Gasteiger charge is 2.27. The molecule has 32 heavy (non-hydrogen) atoms. The van der Waals surface area contributed by atoms with Gasteiger partial charge in [0.1, 0.15) is 22.5 Å². The molecule has 0 aliphatic heterocycles. The summed E-state index contributed by atoms with van der Waals surface area (Å²) >= 11 is 0. The molecule has 0 unspecified atom stereocenters. The number of H-pyrrole nitrogens is 1. The lowest BCUT2D eigenvalue weighted by Crippen LogP contribution is -2.68. The second-order valence-corrected chi connectivity index (χ2v) is 7.27. The number of ether oxygens (including phenoxy) is 1. The number of carbonyl (C=O) groups is 1. The lowest BCUT2D eigenvalue weighted by molar-refractivity contribution is -2.00. The molecular weight excluding hydrogens is 440 g/mol. The van der Waals surface area contributed by atoms with Crippen LogP contribution in [0.5, 0.6) is 0 Å². The quantitative estimate of drug-likeness (QED) is 0.356. The number of benzene rings is 2. The monoisotopic (exact) mass is 462 g/mol. The van der Waals surface area contributed by atoms with Gasteiger partial charge >= 0.3 is 11.5 Å². The predicted octanol–water partition coefficient (Wildman–Crippen LogP) is -1.53. The Morgan fingerprint density at radius 3 is 2.06 bits per heavy atom. The zero-order valence-electron chi connectivity index (χ0n) is 17.8. The summed E-state index contributed by atoms with van der Waals surface area (Å²) in [5.41, 5.74) is 3.37. The Bertz CT molecular complexity index is 1120. The molecule has 0 atom stereocenters. The molecule has 0 aliphatic rings. The molecule has 9 nitrogen and oxygen atoms in total. The Morgan fingerprint density at radius 2 is 1.53 bits per heavy atom. The highest BCUT2D eigenvalue weighted by molar-refractivity contribution is 5.92. The van der Waals surface area contributed by atoms with E-state index in [1.54, 1.807) is 12.1 Å². The average Bonchev–Trinajstić information content (AvgIpc) is 2.77. The van der Waals surface area contributed by atoms with Crippen molar-refractivity contribution in [1.29, 1.82) is 0 Å². The van der Waals surface area contributed by atoms with Crippen molar-refractivity contribution in [3.63, 3.8) is 0 Å². The van der Waals surface area contributed by atoms with Gasteiger partial charge in [-0.3, -0.25) is 0 Å². The van der Waals surface area contributed by atoms with Gasteiger partial charge in [0, 0.05) is 12.8 Å². The normalized spacial score (nSPS) is 10.8. The number of carbonyl (C=O) groups excluding carboxylic acids is 1. The van der Waals surface area contributed by atoms with Gasteiger partial charge in [0.2, 0.25) is 0 Å². The molecule has 0 saturated heterocycles. The van der Waals surface area contributed by atoms with E-state index >= 15 is 0 Å². The first kappa shape index (κ1) is 25.2. The third-order valence-electron chi connectivity index (χ3n) is 4.60. The third-order valence-corrected chi connectivity index (χ3v) is 4.60. The molecule has 0 saturated carbocycles. The van der Waals surface area contributed by atoms with Gasteiger partial charge in [0.05, 0.1) is 7.11 Å². The van der Waals surface area contributed by atoms with Gasteiger partial charge in [-0.05, 0) is 17.7 Å². The van der Waals surface area contributed by atoms with Crippen LogP contribution in [0, 0.1) is 10.2 Å². The highest BCUT2D eigenvalue weighted by atomic mass is 35.7. The summed E-state index contributed by atoms with van der Waals surface area (Å²) in [7, 11) is -3.58. The molecule has 10 heteroatoms. The van der Waals surface area contributed by atoms with Gasteiger partial charge in [0.25, 0.3) is 5.82 Å². The summed E-state index contributed by atoms with van der Waals surface area (Å²) in [5.74, 6) is 0.336. The fourth-order valence-electron chi connectivity index (χ4n) is 3.38. The van der Waals surface area contributed by atoms with Gasteiger partial charge in [-0.25, -0.2) is 33.2 Å². The summed E-state index contributed by atoms with van der Waals surface area (Å²) in [5, 5.41) is 0. The number of hydrogen-bond acceptors (Lipinski definition) is 7. The molecule has 0 amide bonds. The number of nitrogens with zero attached hydrogens (tertiary/aromatic N) is 1. The molecule has 2 aromatic carbocycles. The molecule has 170 valence electrons. The Kier molecular flexibility index (Phi) is 8.64. The van der Waals surface area contributed by atoms with E-state index in [0.717, 1.165) is 17.1 Å². The molecule has 3 aromatic rings. The van der Waals surface area contributed by atoms with Crippen LogP contribution >= 0.6 is 0 Å². The first-order valence-corrected chi connectivity index (χ1v) is 10.9. The van der Waals surface area contributed by atoms with Crippen LogP contribution in [0.15, 0.2) is 59.4 Å². The van der Waals surface area contributed by atoms with Crippen molar-refractivity contribution in [1.82, 2.24) is 4.98 Å². The van der Waals surface area contributed by atoms with Crippen LogP contribution < -0.4 is 28.8 Å². The van der Waals surface area contributed by atoms with E-state index in [1.165, 1.54) is 7.11 Å². The smallest absolute Gasteiger partial charge is 0.343 e. The van der Waals surface area contributed by atoms with E-state index in [4.69, 9.17) is 23.4 Å². The van der Waals surface area contributed by atoms with Crippen LogP contribution in [0.2, 0.25) is 0 Å². The number of halogens is 1. The van der Waals surface area contributed by atoms with E-state index in [2.05, 4.69) is 4.98 Å². The first-order chi connectivity index (χ1) is 15.1. The maximum absolute atomic E-state index is 12.9. The zero-order chi connectivity index (χ0) is 23.9. The van der Waals surface area contributed by atoms with E-state index in [-0.39, 0.29) is 5.56 Å². The number of hydrogen-bond donors (Lipinski definition) is 1. The number of aromatic amines is 1. The van der Waals surface area contributed by atoms with Gasteiger partial charge < -0.3 is 4.74 Å². The largest absolute Gasteiger partial charge is 0.465 e. The fourth-order valence-corrected chi connectivity index (χ4v) is 3.38. The molecule has 1 aromatic heterocycles. The van der Waals surface area contributed by atoms with Gasteiger partial charge in [-0.15, -0.1) is 10.2 Å². The van der Waals surface area contributed by atoms with Gasteiger partial charge in [-0.2, -0.15) is 4.57 Å². The second-order valence-electron chi connectivity index (χ2n) is 6.52. The molecular formula is C22H23ClN2O7. The van der Waals surface area contributed by atoms with E-state index in [1.807, 2.05) is 60.9 Å². The second kappa shape index (κ2) is 11.0. The number of nitrogens with one attached hydrogen (secondary N) is 1.